The van der Waals surface area contributed by atoms with Gasteiger partial charge in [0, 0.05) is 45.3 Å². The van der Waals surface area contributed by atoms with Crippen LogP contribution in [-0.4, -0.2) is 47.7 Å². The second-order valence-corrected chi connectivity index (χ2v) is 5.61. The summed E-state index contributed by atoms with van der Waals surface area (Å²) in [5.41, 5.74) is 8.61. The predicted molar refractivity (Wildman–Crippen MR) is 89.1 cm³/mol. The third-order valence-corrected chi connectivity index (χ3v) is 4.18. The first-order valence-electron chi connectivity index (χ1n) is 7.69. The number of benzene rings is 1. The van der Waals surface area contributed by atoms with Gasteiger partial charge in [-0.3, -0.25) is 9.88 Å². The molecule has 0 amide bonds. The minimum Gasteiger partial charge on any atom is -0.506 e. The van der Waals surface area contributed by atoms with E-state index in [0.717, 1.165) is 56.2 Å². The van der Waals surface area contributed by atoms with Crippen molar-refractivity contribution >= 4 is 11.4 Å². The highest BCUT2D eigenvalue weighted by atomic mass is 16.3. The summed E-state index contributed by atoms with van der Waals surface area (Å²) in [6.45, 7) is 4.79. The molecule has 0 saturated carbocycles. The van der Waals surface area contributed by atoms with Gasteiger partial charge in [-0.25, -0.2) is 0 Å². The second-order valence-electron chi connectivity index (χ2n) is 5.61. The highest BCUT2D eigenvalue weighted by Crippen LogP contribution is 2.27. The predicted octanol–water partition coefficient (Wildman–Crippen LogP) is 1.73. The summed E-state index contributed by atoms with van der Waals surface area (Å²) in [4.78, 5) is 9.00. The number of hydrogen-bond donors (Lipinski definition) is 2. The molecule has 0 bridgehead atoms. The molecule has 1 saturated heterocycles. The van der Waals surface area contributed by atoms with Crippen molar-refractivity contribution in [3.05, 3.63) is 48.3 Å². The number of nitrogen functional groups attached to an aromatic ring is 1. The maximum absolute atomic E-state index is 9.93. The maximum Gasteiger partial charge on any atom is 0.138 e. The SMILES string of the molecule is Nc1cccnc1CCN1CCN(c2ccccc2O)CC1. The minimum absolute atomic E-state index is 0.359. The van der Waals surface area contributed by atoms with Crippen molar-refractivity contribution in [3.8, 4) is 5.75 Å². The normalized spacial score (nSPS) is 15.9. The molecular formula is C17H22N4O. The number of aromatic nitrogens is 1. The molecule has 5 nitrogen and oxygen atoms in total. The lowest BCUT2D eigenvalue weighted by Crippen LogP contribution is -2.47. The third-order valence-electron chi connectivity index (χ3n) is 4.18. The number of nitrogens with two attached hydrogens (primary N) is 1. The second kappa shape index (κ2) is 6.66. The molecule has 1 aliphatic rings. The van der Waals surface area contributed by atoms with Crippen LogP contribution in [0.2, 0.25) is 0 Å². The van der Waals surface area contributed by atoms with Gasteiger partial charge in [0.15, 0.2) is 0 Å². The lowest BCUT2D eigenvalue weighted by molar-refractivity contribution is 0.259. The van der Waals surface area contributed by atoms with Gasteiger partial charge < -0.3 is 15.7 Å². The van der Waals surface area contributed by atoms with Crippen LogP contribution in [0, 0.1) is 0 Å². The zero-order chi connectivity index (χ0) is 15.4. The average Bonchev–Trinajstić information content (AvgIpc) is 2.55. The fourth-order valence-corrected chi connectivity index (χ4v) is 2.87. The lowest BCUT2D eigenvalue weighted by Gasteiger charge is -2.36. The molecule has 116 valence electrons. The van der Waals surface area contributed by atoms with Gasteiger partial charge in [-0.15, -0.1) is 0 Å². The van der Waals surface area contributed by atoms with E-state index in [2.05, 4.69) is 14.8 Å². The fraction of sp³-hybridized carbons (Fsp3) is 0.353. The summed E-state index contributed by atoms with van der Waals surface area (Å²) in [5, 5.41) is 9.93. The summed E-state index contributed by atoms with van der Waals surface area (Å²) in [5.74, 6) is 0.359. The summed E-state index contributed by atoms with van der Waals surface area (Å²) in [6, 6.07) is 11.3. The average molecular weight is 298 g/mol. The number of hydrogen-bond acceptors (Lipinski definition) is 5. The van der Waals surface area contributed by atoms with Crippen molar-refractivity contribution in [1.29, 1.82) is 0 Å². The maximum atomic E-state index is 9.93. The van der Waals surface area contributed by atoms with Gasteiger partial charge in [0.05, 0.1) is 17.1 Å². The van der Waals surface area contributed by atoms with E-state index in [1.807, 2.05) is 30.3 Å². The number of aromatic hydroxyl groups is 1. The topological polar surface area (TPSA) is 65.6 Å². The molecule has 0 aliphatic carbocycles. The Labute approximate surface area is 131 Å². The first-order chi connectivity index (χ1) is 10.7. The zero-order valence-corrected chi connectivity index (χ0v) is 12.7. The van der Waals surface area contributed by atoms with Crippen LogP contribution in [-0.2, 0) is 6.42 Å². The van der Waals surface area contributed by atoms with Gasteiger partial charge in [0.1, 0.15) is 5.75 Å². The van der Waals surface area contributed by atoms with E-state index >= 15 is 0 Å². The quantitative estimate of drug-likeness (QED) is 0.900. The first kappa shape index (κ1) is 14.7. The molecule has 0 unspecified atom stereocenters. The number of anilines is 2. The van der Waals surface area contributed by atoms with Crippen LogP contribution in [0.15, 0.2) is 42.6 Å². The van der Waals surface area contributed by atoms with Gasteiger partial charge in [0.2, 0.25) is 0 Å². The first-order valence-corrected chi connectivity index (χ1v) is 7.69. The van der Waals surface area contributed by atoms with E-state index in [0.29, 0.717) is 5.75 Å². The highest BCUT2D eigenvalue weighted by molar-refractivity contribution is 5.57. The Morgan fingerprint density at radius 3 is 2.55 bits per heavy atom. The molecule has 3 N–H and O–H groups in total. The molecule has 1 aliphatic heterocycles. The van der Waals surface area contributed by atoms with Gasteiger partial charge in [-0.05, 0) is 24.3 Å². The van der Waals surface area contributed by atoms with E-state index in [-0.39, 0.29) is 0 Å². The van der Waals surface area contributed by atoms with Crippen molar-refractivity contribution in [2.45, 2.75) is 6.42 Å². The van der Waals surface area contributed by atoms with Crippen LogP contribution in [0.1, 0.15) is 5.69 Å². The standard InChI is InChI=1S/C17H22N4O/c18-14-4-3-8-19-15(14)7-9-20-10-12-21(13-11-20)16-5-1-2-6-17(16)22/h1-6,8,22H,7,9-13,18H2. The Kier molecular flexibility index (Phi) is 4.44. The molecule has 2 aromatic rings. The number of rotatable bonds is 4. The van der Waals surface area contributed by atoms with Gasteiger partial charge in [-0.1, -0.05) is 12.1 Å². The Bertz CT molecular complexity index is 624. The molecule has 22 heavy (non-hydrogen) atoms. The molecular weight excluding hydrogens is 276 g/mol. The molecule has 2 heterocycles. The van der Waals surface area contributed by atoms with Crippen molar-refractivity contribution in [1.82, 2.24) is 9.88 Å². The van der Waals surface area contributed by atoms with Crippen molar-refractivity contribution < 1.29 is 5.11 Å². The van der Waals surface area contributed by atoms with E-state index in [1.54, 1.807) is 12.3 Å². The van der Waals surface area contributed by atoms with Crippen LogP contribution in [0.5, 0.6) is 5.75 Å². The molecule has 5 heteroatoms. The molecule has 0 radical (unpaired) electrons. The molecule has 0 atom stereocenters. The number of phenols is 1. The molecule has 1 aromatic carbocycles. The Morgan fingerprint density at radius 2 is 1.82 bits per heavy atom. The largest absolute Gasteiger partial charge is 0.506 e. The number of para-hydroxylation sites is 2. The fourth-order valence-electron chi connectivity index (χ4n) is 2.87. The van der Waals surface area contributed by atoms with E-state index in [9.17, 15) is 5.11 Å². The molecule has 1 fully saturated rings. The third kappa shape index (κ3) is 3.31. The summed E-state index contributed by atoms with van der Waals surface area (Å²) < 4.78 is 0. The van der Waals surface area contributed by atoms with Gasteiger partial charge >= 0.3 is 0 Å². The molecule has 1 aromatic heterocycles. The number of nitrogens with zero attached hydrogens (tertiary/aromatic N) is 3. The number of pyridine rings is 1. The zero-order valence-electron chi connectivity index (χ0n) is 12.7. The smallest absolute Gasteiger partial charge is 0.138 e. The Hall–Kier alpha value is -2.27. The minimum atomic E-state index is 0.359. The van der Waals surface area contributed by atoms with E-state index in [1.165, 1.54) is 0 Å². The molecule has 0 spiro atoms. The Morgan fingerprint density at radius 1 is 1.05 bits per heavy atom. The Balaban J connectivity index is 1.52. The van der Waals surface area contributed by atoms with Gasteiger partial charge in [0.25, 0.3) is 0 Å². The molecule has 3 rings (SSSR count). The van der Waals surface area contributed by atoms with Crippen molar-refractivity contribution in [2.75, 3.05) is 43.4 Å². The summed E-state index contributed by atoms with van der Waals surface area (Å²) in [6.07, 6.45) is 2.67. The van der Waals surface area contributed by atoms with E-state index in [4.69, 9.17) is 5.73 Å². The number of piperazine rings is 1. The van der Waals surface area contributed by atoms with Crippen LogP contribution in [0.3, 0.4) is 0 Å². The highest BCUT2D eigenvalue weighted by Gasteiger charge is 2.19. The van der Waals surface area contributed by atoms with Crippen molar-refractivity contribution in [2.24, 2.45) is 0 Å². The van der Waals surface area contributed by atoms with Crippen LogP contribution in [0.4, 0.5) is 11.4 Å². The monoisotopic (exact) mass is 298 g/mol. The van der Waals surface area contributed by atoms with Gasteiger partial charge in [-0.2, -0.15) is 0 Å². The summed E-state index contributed by atoms with van der Waals surface area (Å²) >= 11 is 0. The van der Waals surface area contributed by atoms with Crippen LogP contribution >= 0.6 is 0 Å². The van der Waals surface area contributed by atoms with Crippen LogP contribution < -0.4 is 10.6 Å². The summed E-state index contributed by atoms with van der Waals surface area (Å²) in [7, 11) is 0. The van der Waals surface area contributed by atoms with Crippen molar-refractivity contribution in [3.63, 3.8) is 0 Å². The lowest BCUT2D eigenvalue weighted by atomic mass is 10.2. The van der Waals surface area contributed by atoms with Crippen LogP contribution in [0.25, 0.3) is 0 Å². The van der Waals surface area contributed by atoms with E-state index < -0.39 is 0 Å². The number of phenolic OH excluding ortho intramolecular Hbond substituents is 1.